The van der Waals surface area contributed by atoms with E-state index in [2.05, 4.69) is 0 Å². The maximum absolute atomic E-state index is 13.8. The van der Waals surface area contributed by atoms with Gasteiger partial charge in [0.05, 0.1) is 17.5 Å². The van der Waals surface area contributed by atoms with Gasteiger partial charge in [-0.2, -0.15) is 0 Å². The number of primary amides is 1. The third-order valence-corrected chi connectivity index (χ3v) is 9.02. The monoisotopic (exact) mass is 510 g/mol. The summed E-state index contributed by atoms with van der Waals surface area (Å²) < 4.78 is 0. The summed E-state index contributed by atoms with van der Waals surface area (Å²) in [5, 5.41) is 24.2. The van der Waals surface area contributed by atoms with Crippen LogP contribution in [0.15, 0.2) is 23.6 Å². The zero-order valence-corrected chi connectivity index (χ0v) is 20.8. The fourth-order valence-electron chi connectivity index (χ4n) is 6.41. The van der Waals surface area contributed by atoms with Crippen molar-refractivity contribution in [1.29, 1.82) is 0 Å². The minimum absolute atomic E-state index is 0.00477. The number of hydrogen-bond donors (Lipinski definition) is 3. The highest BCUT2D eigenvalue weighted by molar-refractivity contribution is 7.13. The zero-order chi connectivity index (χ0) is 26.3. The first-order valence-corrected chi connectivity index (χ1v) is 12.5. The number of benzene rings is 1. The molecule has 0 spiro atoms. The number of nitrogens with zero attached hydrogens (tertiary/aromatic N) is 1. The number of fused-ring (bicyclic) bond motifs is 3. The summed E-state index contributed by atoms with van der Waals surface area (Å²) in [6, 6.07) is 4.00. The number of carbonyl (C=O) groups excluding carboxylic acids is 5. The van der Waals surface area contributed by atoms with Gasteiger partial charge in [0.25, 0.3) is 0 Å². The van der Waals surface area contributed by atoms with Crippen LogP contribution in [0.4, 0.5) is 0 Å². The van der Waals surface area contributed by atoms with Gasteiger partial charge in [-0.05, 0) is 80.0 Å². The molecule has 188 valence electrons. The number of aromatic hydroxyl groups is 1. The number of phenolic OH excluding ortho intramolecular Hbond substituents is 1. The Morgan fingerprint density at radius 3 is 2.44 bits per heavy atom. The number of carbonyl (C=O) groups is 5. The van der Waals surface area contributed by atoms with Crippen molar-refractivity contribution in [3.8, 4) is 16.2 Å². The molecule has 0 radical (unpaired) electrons. The summed E-state index contributed by atoms with van der Waals surface area (Å²) in [7, 11) is 3.12. The highest BCUT2D eigenvalue weighted by Gasteiger charge is 2.69. The van der Waals surface area contributed by atoms with Crippen molar-refractivity contribution < 1.29 is 34.2 Å². The number of phenols is 1. The predicted molar refractivity (Wildman–Crippen MR) is 129 cm³/mol. The van der Waals surface area contributed by atoms with Gasteiger partial charge in [0.2, 0.25) is 5.91 Å². The van der Waals surface area contributed by atoms with Crippen molar-refractivity contribution in [2.45, 2.75) is 31.4 Å². The second-order valence-corrected chi connectivity index (χ2v) is 11.2. The Hall–Kier alpha value is -3.21. The van der Waals surface area contributed by atoms with Gasteiger partial charge in [-0.15, -0.1) is 11.3 Å². The highest BCUT2D eigenvalue weighted by atomic mass is 32.1. The van der Waals surface area contributed by atoms with Crippen LogP contribution in [0.3, 0.4) is 0 Å². The summed E-state index contributed by atoms with van der Waals surface area (Å²) in [6.45, 7) is 1.95. The first kappa shape index (κ1) is 24.5. The lowest BCUT2D eigenvalue weighted by Crippen LogP contribution is -2.74. The van der Waals surface area contributed by atoms with Gasteiger partial charge >= 0.3 is 0 Å². The zero-order valence-electron chi connectivity index (χ0n) is 20.0. The van der Waals surface area contributed by atoms with Crippen molar-refractivity contribution >= 4 is 40.4 Å². The van der Waals surface area contributed by atoms with E-state index in [1.807, 2.05) is 18.4 Å². The van der Waals surface area contributed by atoms with E-state index >= 15 is 0 Å². The van der Waals surface area contributed by atoms with E-state index in [1.165, 1.54) is 22.3 Å². The molecule has 0 aliphatic heterocycles. The molecule has 36 heavy (non-hydrogen) atoms. The van der Waals surface area contributed by atoms with Crippen molar-refractivity contribution in [3.63, 3.8) is 0 Å². The summed E-state index contributed by atoms with van der Waals surface area (Å²) in [5.41, 5.74) is 5.05. The third kappa shape index (κ3) is 3.17. The maximum Gasteiger partial charge on any atom is 0.235 e. The molecule has 10 heteroatoms. The molecule has 2 aromatic rings. The molecule has 1 aromatic heterocycles. The molecular weight excluding hydrogens is 484 g/mol. The number of likely N-dealkylation sites (N-methyl/N-ethyl adjacent to an activating group) is 1. The predicted octanol–water partition coefficient (Wildman–Crippen LogP) is 0.904. The third-order valence-electron chi connectivity index (χ3n) is 7.94. The molecule has 1 amide bonds. The van der Waals surface area contributed by atoms with Crippen LogP contribution >= 0.6 is 11.3 Å². The average molecular weight is 511 g/mol. The van der Waals surface area contributed by atoms with Crippen molar-refractivity contribution in [2.75, 3.05) is 14.1 Å². The van der Waals surface area contributed by atoms with Gasteiger partial charge < -0.3 is 15.9 Å². The van der Waals surface area contributed by atoms with Gasteiger partial charge in [-0.1, -0.05) is 0 Å². The minimum Gasteiger partial charge on any atom is -0.507 e. The minimum atomic E-state index is -2.71. The number of hydrogen-bond acceptors (Lipinski definition) is 9. The van der Waals surface area contributed by atoms with E-state index in [0.29, 0.717) is 5.56 Å². The van der Waals surface area contributed by atoms with Crippen LogP contribution in [0.1, 0.15) is 27.9 Å². The molecule has 0 saturated heterocycles. The first-order valence-electron chi connectivity index (χ1n) is 11.6. The number of ketones is 4. The van der Waals surface area contributed by atoms with Gasteiger partial charge in [0.15, 0.2) is 34.7 Å². The first-order chi connectivity index (χ1) is 16.9. The normalized spacial score (nSPS) is 31.8. The van der Waals surface area contributed by atoms with E-state index < -0.39 is 64.4 Å². The Kier molecular flexibility index (Phi) is 5.55. The van der Waals surface area contributed by atoms with Crippen molar-refractivity contribution in [3.05, 3.63) is 40.3 Å². The molecule has 3 aliphatic carbocycles. The summed E-state index contributed by atoms with van der Waals surface area (Å²) in [5.74, 6) is -10.4. The van der Waals surface area contributed by atoms with Crippen LogP contribution in [0.2, 0.25) is 0 Å². The molecule has 4 N–H and O–H groups in total. The molecule has 3 aliphatic rings. The van der Waals surface area contributed by atoms with Gasteiger partial charge in [0.1, 0.15) is 5.75 Å². The van der Waals surface area contributed by atoms with Crippen LogP contribution in [-0.4, -0.2) is 69.9 Å². The van der Waals surface area contributed by atoms with Gasteiger partial charge in [-0.25, -0.2) is 0 Å². The van der Waals surface area contributed by atoms with Gasteiger partial charge in [0, 0.05) is 10.8 Å². The van der Waals surface area contributed by atoms with E-state index in [9.17, 15) is 34.2 Å². The highest BCUT2D eigenvalue weighted by Crippen LogP contribution is 2.52. The molecule has 2 fully saturated rings. The quantitative estimate of drug-likeness (QED) is 0.515. The number of thiophene rings is 1. The summed E-state index contributed by atoms with van der Waals surface area (Å²) in [6.07, 6.45) is 0.273. The fourth-order valence-corrected chi connectivity index (χ4v) is 7.36. The smallest absolute Gasteiger partial charge is 0.235 e. The fraction of sp³-hybridized carbons (Fsp3) is 0.423. The van der Waals surface area contributed by atoms with Crippen molar-refractivity contribution in [2.24, 2.45) is 29.4 Å². The largest absolute Gasteiger partial charge is 0.507 e. The van der Waals surface area contributed by atoms with Crippen LogP contribution in [0, 0.1) is 30.6 Å². The molecular formula is C26H26N2O7S. The Balaban J connectivity index is 1.66. The summed E-state index contributed by atoms with van der Waals surface area (Å²) in [4.78, 5) is 68.4. The molecule has 2 unspecified atom stereocenters. The SMILES string of the molecule is Cc1csc(-c2ccc(O)c3c2C[C@@H]2C[C@@H]4[C@@H](N(C)C)C(=O)C(C(N)=O)C(=O)[C@]4(O)C(=O)C2C3=O)c1. The molecule has 1 aromatic carbocycles. The second-order valence-electron chi connectivity index (χ2n) is 10.3. The van der Waals surface area contributed by atoms with E-state index in [0.717, 1.165) is 16.0 Å². The lowest BCUT2D eigenvalue weighted by atomic mass is 9.52. The van der Waals surface area contributed by atoms with Gasteiger partial charge in [-0.3, -0.25) is 28.9 Å². The molecule has 9 nitrogen and oxygen atoms in total. The lowest BCUT2D eigenvalue weighted by molar-refractivity contribution is -0.181. The lowest BCUT2D eigenvalue weighted by Gasteiger charge is -2.52. The molecule has 6 atom stereocenters. The van der Waals surface area contributed by atoms with Crippen LogP contribution in [-0.2, 0) is 25.6 Å². The van der Waals surface area contributed by atoms with Crippen LogP contribution in [0.5, 0.6) is 5.75 Å². The number of amides is 1. The van der Waals surface area contributed by atoms with Crippen LogP contribution < -0.4 is 5.73 Å². The Labute approximate surface area is 210 Å². The number of aliphatic hydroxyl groups is 1. The molecule has 2 saturated carbocycles. The Morgan fingerprint density at radius 1 is 1.17 bits per heavy atom. The molecule has 1 heterocycles. The molecule has 5 rings (SSSR count). The van der Waals surface area contributed by atoms with E-state index in [-0.39, 0.29) is 24.2 Å². The summed E-state index contributed by atoms with van der Waals surface area (Å²) >= 11 is 1.50. The number of Topliss-reactive ketones (excluding diaryl/α,β-unsaturated/α-hetero) is 4. The maximum atomic E-state index is 13.8. The number of aryl methyl sites for hydroxylation is 1. The molecule has 0 bridgehead atoms. The van der Waals surface area contributed by atoms with Crippen molar-refractivity contribution in [1.82, 2.24) is 4.90 Å². The topological polar surface area (TPSA) is 155 Å². The average Bonchev–Trinajstić information content (AvgIpc) is 3.22. The Morgan fingerprint density at radius 2 is 1.86 bits per heavy atom. The van der Waals surface area contributed by atoms with E-state index in [4.69, 9.17) is 5.73 Å². The number of nitrogens with two attached hydrogens (primary N) is 1. The standard InChI is InChI=1S/C26H26N2O7S/c1-10-6-16(36-9-10)12-4-5-15(29)18-13(12)7-11-8-14-20(28(2)3)22(31)19(25(27)34)24(33)26(14,35)23(32)17(11)21(18)30/h4-6,9,11,14,17,19-20,29,35H,7-8H2,1-3H3,(H2,27,34)/t11-,14-,17?,19?,20-,26-/m1/s1. The second kappa shape index (κ2) is 8.16. The van der Waals surface area contributed by atoms with E-state index in [1.54, 1.807) is 20.2 Å². The Bertz CT molecular complexity index is 1360. The van der Waals surface area contributed by atoms with Crippen LogP contribution in [0.25, 0.3) is 10.4 Å². The number of rotatable bonds is 3.